The molecule has 2 atom stereocenters. The maximum atomic E-state index is 12.6. The minimum atomic E-state index is -0.567. The number of rotatable bonds is 4. The molecule has 2 unspecified atom stereocenters. The Balaban J connectivity index is 2.16. The molecule has 23 heavy (non-hydrogen) atoms. The minimum Gasteiger partial charge on any atom is -0.368 e. The Bertz CT molecular complexity index is 653. The summed E-state index contributed by atoms with van der Waals surface area (Å²) in [4.78, 5) is 25.0. The average molecular weight is 316 g/mol. The van der Waals surface area contributed by atoms with Gasteiger partial charge in [0.05, 0.1) is 16.6 Å². The second-order valence-corrected chi connectivity index (χ2v) is 5.84. The third-order valence-electron chi connectivity index (χ3n) is 4.15. The number of anilines is 1. The summed E-state index contributed by atoms with van der Waals surface area (Å²) in [6, 6.07) is 5.68. The molecule has 0 radical (unpaired) electrons. The van der Waals surface area contributed by atoms with Crippen LogP contribution < -0.4 is 5.32 Å². The summed E-state index contributed by atoms with van der Waals surface area (Å²) in [6.45, 7) is 4.45. The first-order valence-electron chi connectivity index (χ1n) is 7.69. The van der Waals surface area contributed by atoms with E-state index in [0.717, 1.165) is 25.8 Å². The number of hydrogen-bond acceptors (Lipinski definition) is 5. The number of carbonyl (C=O) groups is 1. The molecule has 0 aliphatic carbocycles. The summed E-state index contributed by atoms with van der Waals surface area (Å²) in [5, 5.41) is 22.9. The third kappa shape index (κ3) is 3.77. The lowest BCUT2D eigenvalue weighted by molar-refractivity contribution is -0.384. The van der Waals surface area contributed by atoms with Crippen molar-refractivity contribution in [2.45, 2.75) is 45.2 Å². The van der Waals surface area contributed by atoms with Crippen LogP contribution >= 0.6 is 0 Å². The first-order chi connectivity index (χ1) is 10.9. The van der Waals surface area contributed by atoms with Crippen molar-refractivity contribution < 1.29 is 9.72 Å². The van der Waals surface area contributed by atoms with Crippen LogP contribution in [0.3, 0.4) is 0 Å². The quantitative estimate of drug-likeness (QED) is 0.680. The van der Waals surface area contributed by atoms with Crippen molar-refractivity contribution in [3.05, 3.63) is 33.9 Å². The van der Waals surface area contributed by atoms with E-state index in [2.05, 4.69) is 5.32 Å². The molecule has 1 saturated heterocycles. The highest BCUT2D eigenvalue weighted by atomic mass is 16.6. The van der Waals surface area contributed by atoms with Crippen LogP contribution in [0.5, 0.6) is 0 Å². The zero-order chi connectivity index (χ0) is 17.0. The predicted octanol–water partition coefficient (Wildman–Crippen LogP) is 2.67. The maximum Gasteiger partial charge on any atom is 0.293 e. The van der Waals surface area contributed by atoms with Crippen molar-refractivity contribution in [1.82, 2.24) is 4.90 Å². The van der Waals surface area contributed by atoms with Gasteiger partial charge in [0, 0.05) is 18.7 Å². The molecule has 1 aliphatic heterocycles. The van der Waals surface area contributed by atoms with Gasteiger partial charge in [-0.25, -0.2) is 0 Å². The summed E-state index contributed by atoms with van der Waals surface area (Å²) in [5.74, 6) is -0.0594. The van der Waals surface area contributed by atoms with Gasteiger partial charge in [0.2, 0.25) is 5.91 Å². The van der Waals surface area contributed by atoms with Crippen molar-refractivity contribution in [3.63, 3.8) is 0 Å². The fourth-order valence-electron chi connectivity index (χ4n) is 2.84. The molecule has 0 saturated carbocycles. The van der Waals surface area contributed by atoms with E-state index in [9.17, 15) is 14.9 Å². The summed E-state index contributed by atoms with van der Waals surface area (Å²) in [7, 11) is 0. The van der Waals surface area contributed by atoms with Gasteiger partial charge in [-0.05, 0) is 45.2 Å². The highest BCUT2D eigenvalue weighted by molar-refractivity contribution is 5.85. The Kier molecular flexibility index (Phi) is 5.16. The molecule has 122 valence electrons. The van der Waals surface area contributed by atoms with Crippen LogP contribution in [0.15, 0.2) is 18.2 Å². The first-order valence-corrected chi connectivity index (χ1v) is 7.69. The number of piperidine rings is 1. The Morgan fingerprint density at radius 1 is 1.52 bits per heavy atom. The highest BCUT2D eigenvalue weighted by Gasteiger charge is 2.28. The lowest BCUT2D eigenvalue weighted by atomic mass is 10.0. The molecule has 0 aromatic heterocycles. The fraction of sp³-hybridized carbons (Fsp3) is 0.500. The number of nitro benzene ring substituents is 1. The minimum absolute atomic E-state index is 0.0594. The molecule has 1 aliphatic rings. The van der Waals surface area contributed by atoms with E-state index in [1.54, 1.807) is 6.92 Å². The van der Waals surface area contributed by atoms with E-state index in [0.29, 0.717) is 0 Å². The number of hydrogen-bond donors (Lipinski definition) is 1. The summed E-state index contributed by atoms with van der Waals surface area (Å²) in [6.07, 6.45) is 3.09. The van der Waals surface area contributed by atoms with Gasteiger partial charge < -0.3 is 10.2 Å². The monoisotopic (exact) mass is 316 g/mol. The molecule has 0 bridgehead atoms. The number of likely N-dealkylation sites (tertiary alicyclic amines) is 1. The lowest BCUT2D eigenvalue weighted by Crippen LogP contribution is -2.48. The number of nitrogens with zero attached hydrogens (tertiary/aromatic N) is 3. The molecule has 1 amide bonds. The molecular formula is C16H20N4O3. The molecule has 1 aromatic rings. The van der Waals surface area contributed by atoms with Gasteiger partial charge in [-0.3, -0.25) is 14.9 Å². The van der Waals surface area contributed by atoms with Crippen LogP contribution in [-0.2, 0) is 4.79 Å². The maximum absolute atomic E-state index is 12.6. The summed E-state index contributed by atoms with van der Waals surface area (Å²) in [5.41, 5.74) is 0.265. The van der Waals surface area contributed by atoms with Crippen molar-refractivity contribution in [2.24, 2.45) is 0 Å². The predicted molar refractivity (Wildman–Crippen MR) is 85.9 cm³/mol. The number of benzene rings is 1. The van der Waals surface area contributed by atoms with Crippen LogP contribution in [0.25, 0.3) is 0 Å². The Hall–Kier alpha value is -2.62. The second kappa shape index (κ2) is 7.09. The number of amides is 1. The van der Waals surface area contributed by atoms with Crippen molar-refractivity contribution >= 4 is 17.3 Å². The topological polar surface area (TPSA) is 99.3 Å². The molecule has 7 heteroatoms. The van der Waals surface area contributed by atoms with Crippen LogP contribution in [0.4, 0.5) is 11.4 Å². The largest absolute Gasteiger partial charge is 0.368 e. The van der Waals surface area contributed by atoms with Gasteiger partial charge >= 0.3 is 0 Å². The number of nitro groups is 1. The zero-order valence-corrected chi connectivity index (χ0v) is 13.3. The number of nitrogens with one attached hydrogen (secondary N) is 1. The van der Waals surface area contributed by atoms with Gasteiger partial charge in [-0.15, -0.1) is 0 Å². The molecule has 1 aromatic carbocycles. The van der Waals surface area contributed by atoms with Crippen LogP contribution in [-0.4, -0.2) is 34.4 Å². The standard InChI is InChI=1S/C16H20N4O3/c1-11-5-3-4-8-19(11)16(21)12(2)18-14-7-6-13(10-17)9-15(14)20(22)23/h6-7,9,11-12,18H,3-5,8H2,1-2H3. The molecule has 1 heterocycles. The van der Waals surface area contributed by atoms with Gasteiger partial charge in [0.25, 0.3) is 5.69 Å². The van der Waals surface area contributed by atoms with E-state index >= 15 is 0 Å². The highest BCUT2D eigenvalue weighted by Crippen LogP contribution is 2.27. The Morgan fingerprint density at radius 2 is 2.26 bits per heavy atom. The first kappa shape index (κ1) is 16.7. The molecule has 0 spiro atoms. The molecular weight excluding hydrogens is 296 g/mol. The van der Waals surface area contributed by atoms with Crippen molar-refractivity contribution in [3.8, 4) is 6.07 Å². The van der Waals surface area contributed by atoms with Crippen molar-refractivity contribution in [2.75, 3.05) is 11.9 Å². The molecule has 1 fully saturated rings. The molecule has 2 rings (SSSR count). The van der Waals surface area contributed by atoms with Crippen molar-refractivity contribution in [1.29, 1.82) is 5.26 Å². The zero-order valence-electron chi connectivity index (χ0n) is 13.3. The average Bonchev–Trinajstić information content (AvgIpc) is 2.54. The van der Waals surface area contributed by atoms with E-state index in [-0.39, 0.29) is 28.9 Å². The lowest BCUT2D eigenvalue weighted by Gasteiger charge is -2.35. The summed E-state index contributed by atoms with van der Waals surface area (Å²) < 4.78 is 0. The molecule has 1 N–H and O–H groups in total. The van der Waals surface area contributed by atoms with E-state index in [4.69, 9.17) is 5.26 Å². The third-order valence-corrected chi connectivity index (χ3v) is 4.15. The number of nitriles is 1. The van der Waals surface area contributed by atoms with Crippen LogP contribution in [0, 0.1) is 21.4 Å². The van der Waals surface area contributed by atoms with Crippen LogP contribution in [0.1, 0.15) is 38.7 Å². The number of carbonyl (C=O) groups excluding carboxylic acids is 1. The Morgan fingerprint density at radius 3 is 2.87 bits per heavy atom. The van der Waals surface area contributed by atoms with E-state index < -0.39 is 11.0 Å². The summed E-state index contributed by atoms with van der Waals surface area (Å²) >= 11 is 0. The van der Waals surface area contributed by atoms with Gasteiger partial charge in [-0.1, -0.05) is 0 Å². The normalized spacial score (nSPS) is 18.8. The van der Waals surface area contributed by atoms with Gasteiger partial charge in [-0.2, -0.15) is 5.26 Å². The van der Waals surface area contributed by atoms with Gasteiger partial charge in [0.1, 0.15) is 11.7 Å². The molecule has 7 nitrogen and oxygen atoms in total. The van der Waals surface area contributed by atoms with Crippen LogP contribution in [0.2, 0.25) is 0 Å². The smallest absolute Gasteiger partial charge is 0.293 e. The SMILES string of the molecule is CC(Nc1ccc(C#N)cc1[N+](=O)[O-])C(=O)N1CCCCC1C. The van der Waals surface area contributed by atoms with Gasteiger partial charge in [0.15, 0.2) is 0 Å². The second-order valence-electron chi connectivity index (χ2n) is 5.84. The van der Waals surface area contributed by atoms with E-state index in [1.165, 1.54) is 18.2 Å². The fourth-order valence-corrected chi connectivity index (χ4v) is 2.84. The van der Waals surface area contributed by atoms with E-state index in [1.807, 2.05) is 17.9 Å². The Labute approximate surface area is 135 Å².